The van der Waals surface area contributed by atoms with E-state index >= 15 is 0 Å². The summed E-state index contributed by atoms with van der Waals surface area (Å²) in [6, 6.07) is 8.06. The van der Waals surface area contributed by atoms with Gasteiger partial charge in [0, 0.05) is 38.9 Å². The van der Waals surface area contributed by atoms with Gasteiger partial charge in [-0.05, 0) is 31.3 Å². The summed E-state index contributed by atoms with van der Waals surface area (Å²) in [7, 11) is 4.08. The van der Waals surface area contributed by atoms with Gasteiger partial charge in [0.15, 0.2) is 0 Å². The molecule has 1 aromatic carbocycles. The van der Waals surface area contributed by atoms with Gasteiger partial charge in [-0.3, -0.25) is 4.90 Å². The molecule has 0 radical (unpaired) electrons. The third-order valence-electron chi connectivity index (χ3n) is 3.15. The van der Waals surface area contributed by atoms with Crippen molar-refractivity contribution in [3.05, 3.63) is 24.3 Å². The van der Waals surface area contributed by atoms with Crippen LogP contribution in [-0.2, 0) is 0 Å². The number of hydrogen-bond donors (Lipinski definition) is 1. The van der Waals surface area contributed by atoms with Gasteiger partial charge in [-0.1, -0.05) is 0 Å². The molecular formula is C13H21N3O. The Balaban J connectivity index is 1.77. The molecule has 0 saturated carbocycles. The van der Waals surface area contributed by atoms with Crippen LogP contribution in [0, 0.1) is 0 Å². The monoisotopic (exact) mass is 235 g/mol. The molecule has 17 heavy (non-hydrogen) atoms. The summed E-state index contributed by atoms with van der Waals surface area (Å²) in [4.78, 5) is 4.68. The molecule has 2 rings (SSSR count). The highest BCUT2D eigenvalue weighted by Gasteiger charge is 2.13. The summed E-state index contributed by atoms with van der Waals surface area (Å²) in [6.07, 6.45) is 0. The average molecular weight is 235 g/mol. The number of hydrogen-bond acceptors (Lipinski definition) is 4. The average Bonchev–Trinajstić information content (AvgIpc) is 2.39. The summed E-state index contributed by atoms with van der Waals surface area (Å²) >= 11 is 0. The van der Waals surface area contributed by atoms with E-state index in [1.165, 1.54) is 0 Å². The molecule has 0 atom stereocenters. The molecule has 1 heterocycles. The molecule has 1 aromatic rings. The minimum atomic E-state index is 0.687. The highest BCUT2D eigenvalue weighted by atomic mass is 16.5. The van der Waals surface area contributed by atoms with Crippen LogP contribution in [0.1, 0.15) is 0 Å². The molecule has 1 saturated heterocycles. The maximum Gasteiger partial charge on any atom is 0.142 e. The molecule has 0 aliphatic carbocycles. The van der Waals surface area contributed by atoms with Crippen molar-refractivity contribution in [1.29, 1.82) is 0 Å². The van der Waals surface area contributed by atoms with Crippen molar-refractivity contribution >= 4 is 5.69 Å². The summed E-state index contributed by atoms with van der Waals surface area (Å²) in [6.45, 7) is 5.12. The fourth-order valence-electron chi connectivity index (χ4n) is 1.86. The van der Waals surface area contributed by atoms with Gasteiger partial charge in [0.1, 0.15) is 12.5 Å². The molecule has 0 amide bonds. The Bertz CT molecular complexity index is 331. The Kier molecular flexibility index (Phi) is 4.23. The van der Waals surface area contributed by atoms with Gasteiger partial charge in [-0.25, -0.2) is 0 Å². The van der Waals surface area contributed by atoms with Gasteiger partial charge >= 0.3 is 0 Å². The highest BCUT2D eigenvalue weighted by Crippen LogP contribution is 2.15. The Morgan fingerprint density at radius 1 is 1.12 bits per heavy atom. The number of nitrogens with zero attached hydrogens (tertiary/aromatic N) is 2. The fraction of sp³-hybridized carbons (Fsp3) is 0.538. The smallest absolute Gasteiger partial charge is 0.142 e. The number of piperazine rings is 1. The molecule has 4 heteroatoms. The first-order chi connectivity index (χ1) is 8.28. The second kappa shape index (κ2) is 5.89. The van der Waals surface area contributed by atoms with Crippen molar-refractivity contribution in [3.8, 4) is 5.75 Å². The van der Waals surface area contributed by atoms with Gasteiger partial charge < -0.3 is 15.0 Å². The molecule has 1 fully saturated rings. The van der Waals surface area contributed by atoms with E-state index in [9.17, 15) is 0 Å². The zero-order valence-corrected chi connectivity index (χ0v) is 10.6. The van der Waals surface area contributed by atoms with Gasteiger partial charge in [0.05, 0.1) is 0 Å². The number of benzene rings is 1. The number of rotatable bonds is 4. The number of ether oxygens (including phenoxy) is 1. The van der Waals surface area contributed by atoms with Crippen LogP contribution in [0.25, 0.3) is 0 Å². The van der Waals surface area contributed by atoms with E-state index in [4.69, 9.17) is 4.74 Å². The Labute approximate surface area is 103 Å². The molecule has 1 aliphatic heterocycles. The summed E-state index contributed by atoms with van der Waals surface area (Å²) in [5.74, 6) is 0.933. The topological polar surface area (TPSA) is 27.7 Å². The highest BCUT2D eigenvalue weighted by molar-refractivity contribution is 5.45. The van der Waals surface area contributed by atoms with Crippen molar-refractivity contribution < 1.29 is 4.74 Å². The molecule has 0 unspecified atom stereocenters. The van der Waals surface area contributed by atoms with Gasteiger partial charge in [0.2, 0.25) is 0 Å². The lowest BCUT2D eigenvalue weighted by Crippen LogP contribution is -2.45. The van der Waals surface area contributed by atoms with E-state index in [2.05, 4.69) is 22.2 Å². The van der Waals surface area contributed by atoms with Crippen LogP contribution in [0.4, 0.5) is 5.69 Å². The predicted molar refractivity (Wildman–Crippen MR) is 70.6 cm³/mol. The quantitative estimate of drug-likeness (QED) is 0.851. The van der Waals surface area contributed by atoms with Crippen molar-refractivity contribution in [2.75, 3.05) is 52.3 Å². The molecule has 0 aromatic heterocycles. The zero-order chi connectivity index (χ0) is 12.1. The van der Waals surface area contributed by atoms with Crippen LogP contribution in [-0.4, -0.2) is 56.8 Å². The van der Waals surface area contributed by atoms with Gasteiger partial charge in [0.25, 0.3) is 0 Å². The third-order valence-corrected chi connectivity index (χ3v) is 3.15. The lowest BCUT2D eigenvalue weighted by molar-refractivity contribution is 0.0763. The van der Waals surface area contributed by atoms with Crippen LogP contribution in [0.3, 0.4) is 0 Å². The standard InChI is InChI=1S/C13H21N3O/c1-14-12-3-5-13(6-4-12)17-11-16-9-7-15(2)8-10-16/h3-6,14H,7-11H2,1-2H3. The van der Waals surface area contributed by atoms with Crippen LogP contribution >= 0.6 is 0 Å². The second-order valence-electron chi connectivity index (χ2n) is 4.47. The summed E-state index contributed by atoms with van der Waals surface area (Å²) in [5.41, 5.74) is 1.11. The van der Waals surface area contributed by atoms with E-state index < -0.39 is 0 Å². The zero-order valence-electron chi connectivity index (χ0n) is 10.6. The second-order valence-corrected chi connectivity index (χ2v) is 4.47. The number of nitrogens with one attached hydrogen (secondary N) is 1. The first-order valence-electron chi connectivity index (χ1n) is 6.09. The molecular weight excluding hydrogens is 214 g/mol. The van der Waals surface area contributed by atoms with Crippen LogP contribution in [0.2, 0.25) is 0 Å². The molecule has 1 N–H and O–H groups in total. The minimum absolute atomic E-state index is 0.687. The largest absolute Gasteiger partial charge is 0.478 e. The van der Waals surface area contributed by atoms with E-state index in [1.807, 2.05) is 31.3 Å². The third kappa shape index (κ3) is 3.61. The van der Waals surface area contributed by atoms with Crippen molar-refractivity contribution in [3.63, 3.8) is 0 Å². The van der Waals surface area contributed by atoms with Crippen molar-refractivity contribution in [2.45, 2.75) is 0 Å². The van der Waals surface area contributed by atoms with E-state index in [1.54, 1.807) is 0 Å². The Hall–Kier alpha value is -1.26. The molecule has 4 nitrogen and oxygen atoms in total. The van der Waals surface area contributed by atoms with Crippen LogP contribution in [0.15, 0.2) is 24.3 Å². The Morgan fingerprint density at radius 2 is 1.76 bits per heavy atom. The molecule has 94 valence electrons. The molecule has 1 aliphatic rings. The first kappa shape index (κ1) is 12.2. The van der Waals surface area contributed by atoms with Crippen molar-refractivity contribution in [1.82, 2.24) is 9.80 Å². The number of anilines is 1. The molecule has 0 bridgehead atoms. The Morgan fingerprint density at radius 3 is 2.35 bits per heavy atom. The number of likely N-dealkylation sites (N-methyl/N-ethyl adjacent to an activating group) is 1. The normalized spacial score (nSPS) is 18.0. The van der Waals surface area contributed by atoms with Gasteiger partial charge in [-0.15, -0.1) is 0 Å². The maximum absolute atomic E-state index is 5.76. The first-order valence-corrected chi connectivity index (χ1v) is 6.09. The van der Waals surface area contributed by atoms with Crippen LogP contribution < -0.4 is 10.1 Å². The summed E-state index contributed by atoms with van der Waals surface area (Å²) < 4.78 is 5.76. The van der Waals surface area contributed by atoms with E-state index in [0.29, 0.717) is 6.73 Å². The SMILES string of the molecule is CNc1ccc(OCN2CCN(C)CC2)cc1. The fourth-order valence-corrected chi connectivity index (χ4v) is 1.86. The maximum atomic E-state index is 5.76. The predicted octanol–water partition coefficient (Wildman–Crippen LogP) is 1.31. The van der Waals surface area contributed by atoms with Crippen LogP contribution in [0.5, 0.6) is 5.75 Å². The minimum Gasteiger partial charge on any atom is -0.478 e. The summed E-state index contributed by atoms with van der Waals surface area (Å²) in [5, 5.41) is 3.09. The van der Waals surface area contributed by atoms with Crippen molar-refractivity contribution in [2.24, 2.45) is 0 Å². The van der Waals surface area contributed by atoms with E-state index in [0.717, 1.165) is 37.6 Å². The van der Waals surface area contributed by atoms with Gasteiger partial charge in [-0.2, -0.15) is 0 Å². The van der Waals surface area contributed by atoms with E-state index in [-0.39, 0.29) is 0 Å². The molecule has 0 spiro atoms. The lowest BCUT2D eigenvalue weighted by Gasteiger charge is -2.31. The lowest BCUT2D eigenvalue weighted by atomic mass is 10.3.